The molecule has 0 amide bonds. The molecule has 0 saturated carbocycles. The quantitative estimate of drug-likeness (QED) is 0.880. The molecule has 0 bridgehead atoms. The lowest BCUT2D eigenvalue weighted by atomic mass is 10.2. The summed E-state index contributed by atoms with van der Waals surface area (Å²) in [6.07, 6.45) is 2.44. The van der Waals surface area contributed by atoms with E-state index in [4.69, 9.17) is 4.74 Å². The third kappa shape index (κ3) is 4.08. The average Bonchev–Trinajstić information content (AvgIpc) is 2.74. The Labute approximate surface area is 102 Å². The van der Waals surface area contributed by atoms with Gasteiger partial charge in [-0.3, -0.25) is 0 Å². The van der Waals surface area contributed by atoms with Crippen LogP contribution in [0.3, 0.4) is 0 Å². The maximum atomic E-state index is 12.6. The van der Waals surface area contributed by atoms with Crippen LogP contribution in [0.15, 0.2) is 24.3 Å². The van der Waals surface area contributed by atoms with Crippen molar-refractivity contribution in [2.45, 2.75) is 25.5 Å². The second-order valence-corrected chi connectivity index (χ2v) is 3.93. The van der Waals surface area contributed by atoms with Crippen LogP contribution in [0.25, 0.3) is 0 Å². The van der Waals surface area contributed by atoms with Crippen molar-refractivity contribution in [1.29, 1.82) is 0 Å². The first kappa shape index (κ1) is 13.4. The fourth-order valence-electron chi connectivity index (χ4n) is 1.80. The van der Waals surface area contributed by atoms with E-state index in [2.05, 4.69) is 5.32 Å². The minimum Gasteiger partial charge on any atom is -0.375 e. The zero-order valence-electron chi connectivity index (χ0n) is 9.12. The molecule has 2 nitrogen and oxygen atoms in total. The fraction of sp³-hybridized carbons (Fsp3) is 0.500. The summed E-state index contributed by atoms with van der Waals surface area (Å²) in [6.45, 7) is 2.42. The summed E-state index contributed by atoms with van der Waals surface area (Å²) in [7, 11) is 0. The van der Waals surface area contributed by atoms with Gasteiger partial charge in [0.15, 0.2) is 0 Å². The van der Waals surface area contributed by atoms with Gasteiger partial charge >= 0.3 is 0 Å². The molecule has 1 aromatic carbocycles. The first-order valence-electron chi connectivity index (χ1n) is 5.40. The molecule has 1 fully saturated rings. The van der Waals surface area contributed by atoms with Crippen LogP contribution in [0, 0.1) is 5.82 Å². The highest BCUT2D eigenvalue weighted by molar-refractivity contribution is 5.85. The van der Waals surface area contributed by atoms with Crippen molar-refractivity contribution in [3.63, 3.8) is 0 Å². The minimum atomic E-state index is -0.198. The lowest BCUT2D eigenvalue weighted by molar-refractivity contribution is 0.103. The highest BCUT2D eigenvalue weighted by Gasteiger charge is 2.13. The third-order valence-corrected chi connectivity index (χ3v) is 2.66. The van der Waals surface area contributed by atoms with Gasteiger partial charge in [0.25, 0.3) is 0 Å². The molecule has 90 valence electrons. The van der Waals surface area contributed by atoms with Gasteiger partial charge in [-0.25, -0.2) is 4.39 Å². The van der Waals surface area contributed by atoms with Crippen LogP contribution in [0.4, 0.5) is 4.39 Å². The molecule has 1 aromatic rings. The molecule has 1 heterocycles. The number of hydrogen-bond acceptors (Lipinski definition) is 2. The number of halogens is 2. The van der Waals surface area contributed by atoms with E-state index in [1.807, 2.05) is 0 Å². The molecule has 0 aliphatic carbocycles. The van der Waals surface area contributed by atoms with Crippen molar-refractivity contribution in [3.05, 3.63) is 35.6 Å². The van der Waals surface area contributed by atoms with Gasteiger partial charge in [-0.1, -0.05) is 12.1 Å². The van der Waals surface area contributed by atoms with Crippen LogP contribution >= 0.6 is 12.4 Å². The Kier molecular flexibility index (Phi) is 5.74. The van der Waals surface area contributed by atoms with Crippen molar-refractivity contribution >= 4 is 12.4 Å². The first-order chi connectivity index (χ1) is 7.34. The average molecular weight is 246 g/mol. The summed E-state index contributed by atoms with van der Waals surface area (Å²) in [5, 5.41) is 3.37. The summed E-state index contributed by atoms with van der Waals surface area (Å²) in [5.41, 5.74) is 1.02. The molecule has 1 saturated heterocycles. The lowest BCUT2D eigenvalue weighted by Crippen LogP contribution is -2.26. The Balaban J connectivity index is 0.00000128. The van der Waals surface area contributed by atoms with Crippen molar-refractivity contribution in [2.24, 2.45) is 0 Å². The van der Waals surface area contributed by atoms with E-state index in [1.165, 1.54) is 25.0 Å². The Hall–Kier alpha value is -0.640. The van der Waals surface area contributed by atoms with Gasteiger partial charge in [-0.15, -0.1) is 12.4 Å². The standard InChI is InChI=1S/C12H16FNO.ClH/c13-11-5-3-10(4-6-11)8-15-9-12-2-1-7-14-12;/h3-6,12,14H,1-2,7-9H2;1H. The van der Waals surface area contributed by atoms with E-state index >= 15 is 0 Å². The Bertz CT molecular complexity index is 298. The molecule has 1 aliphatic heterocycles. The van der Waals surface area contributed by atoms with Crippen LogP contribution in [0.1, 0.15) is 18.4 Å². The fourth-order valence-corrected chi connectivity index (χ4v) is 1.80. The number of rotatable bonds is 4. The predicted octanol–water partition coefficient (Wildman–Crippen LogP) is 2.52. The van der Waals surface area contributed by atoms with Crippen molar-refractivity contribution < 1.29 is 9.13 Å². The molecule has 0 spiro atoms. The van der Waals surface area contributed by atoms with Crippen molar-refractivity contribution in [3.8, 4) is 0 Å². The maximum Gasteiger partial charge on any atom is 0.123 e. The molecular formula is C12H17ClFNO. The molecule has 4 heteroatoms. The Morgan fingerprint density at radius 2 is 2.06 bits per heavy atom. The second-order valence-electron chi connectivity index (χ2n) is 3.93. The summed E-state index contributed by atoms with van der Waals surface area (Å²) < 4.78 is 18.2. The number of ether oxygens (including phenoxy) is 1. The lowest BCUT2D eigenvalue weighted by Gasteiger charge is -2.10. The molecule has 0 radical (unpaired) electrons. The molecule has 1 atom stereocenters. The van der Waals surface area contributed by atoms with Gasteiger partial charge in [0.1, 0.15) is 5.82 Å². The van der Waals surface area contributed by atoms with Gasteiger partial charge in [0.05, 0.1) is 13.2 Å². The highest BCUT2D eigenvalue weighted by Crippen LogP contribution is 2.08. The predicted molar refractivity (Wildman–Crippen MR) is 64.3 cm³/mol. The van der Waals surface area contributed by atoms with Crippen LogP contribution in [0.5, 0.6) is 0 Å². The van der Waals surface area contributed by atoms with Gasteiger partial charge < -0.3 is 10.1 Å². The molecule has 1 unspecified atom stereocenters. The zero-order valence-corrected chi connectivity index (χ0v) is 9.93. The van der Waals surface area contributed by atoms with Crippen molar-refractivity contribution in [2.75, 3.05) is 13.2 Å². The molecule has 1 N–H and O–H groups in total. The SMILES string of the molecule is Cl.Fc1ccc(COCC2CCCN2)cc1. The molecule has 16 heavy (non-hydrogen) atoms. The van der Waals surface area contributed by atoms with Gasteiger partial charge in [-0.2, -0.15) is 0 Å². The molecule has 1 aliphatic rings. The largest absolute Gasteiger partial charge is 0.375 e. The summed E-state index contributed by atoms with van der Waals surface area (Å²) in [4.78, 5) is 0. The van der Waals surface area contributed by atoms with Gasteiger partial charge in [-0.05, 0) is 37.1 Å². The van der Waals surface area contributed by atoms with E-state index in [0.29, 0.717) is 12.6 Å². The normalized spacial score (nSPS) is 19.4. The number of benzene rings is 1. The van der Waals surface area contributed by atoms with Crippen LogP contribution < -0.4 is 5.32 Å². The topological polar surface area (TPSA) is 21.3 Å². The molecule has 0 aromatic heterocycles. The molecule has 2 rings (SSSR count). The highest BCUT2D eigenvalue weighted by atomic mass is 35.5. The van der Waals surface area contributed by atoms with Crippen LogP contribution in [-0.2, 0) is 11.3 Å². The van der Waals surface area contributed by atoms with Crippen LogP contribution in [0.2, 0.25) is 0 Å². The van der Waals surface area contributed by atoms with E-state index in [-0.39, 0.29) is 18.2 Å². The first-order valence-corrected chi connectivity index (χ1v) is 5.40. The van der Waals surface area contributed by atoms with E-state index in [1.54, 1.807) is 12.1 Å². The van der Waals surface area contributed by atoms with E-state index in [0.717, 1.165) is 18.7 Å². The maximum absolute atomic E-state index is 12.6. The van der Waals surface area contributed by atoms with E-state index in [9.17, 15) is 4.39 Å². The monoisotopic (exact) mass is 245 g/mol. The smallest absolute Gasteiger partial charge is 0.123 e. The Morgan fingerprint density at radius 1 is 1.31 bits per heavy atom. The summed E-state index contributed by atoms with van der Waals surface area (Å²) in [6, 6.07) is 6.96. The van der Waals surface area contributed by atoms with Crippen LogP contribution in [-0.4, -0.2) is 19.2 Å². The number of hydrogen-bond donors (Lipinski definition) is 1. The molecular weight excluding hydrogens is 229 g/mol. The zero-order chi connectivity index (χ0) is 10.5. The summed E-state index contributed by atoms with van der Waals surface area (Å²) >= 11 is 0. The van der Waals surface area contributed by atoms with Crippen molar-refractivity contribution in [1.82, 2.24) is 5.32 Å². The second kappa shape index (κ2) is 6.84. The van der Waals surface area contributed by atoms with Gasteiger partial charge in [0.2, 0.25) is 0 Å². The minimum absolute atomic E-state index is 0. The van der Waals surface area contributed by atoms with Gasteiger partial charge in [0, 0.05) is 6.04 Å². The number of nitrogens with one attached hydrogen (secondary N) is 1. The van der Waals surface area contributed by atoms with E-state index < -0.39 is 0 Å². The Morgan fingerprint density at radius 3 is 2.69 bits per heavy atom. The summed E-state index contributed by atoms with van der Waals surface area (Å²) in [5.74, 6) is -0.198. The third-order valence-electron chi connectivity index (χ3n) is 2.66.